The Hall–Kier alpha value is -0.0500. The molecule has 2 nitrogen and oxygen atoms in total. The lowest BCUT2D eigenvalue weighted by atomic mass is 9.95. The predicted octanol–water partition coefficient (Wildman–Crippen LogP) is 0.712. The fourth-order valence-electron chi connectivity index (χ4n) is 0.770. The summed E-state index contributed by atoms with van der Waals surface area (Å²) in [5.74, 6) is 0. The van der Waals surface area contributed by atoms with Gasteiger partial charge in [-0.1, -0.05) is 6.08 Å². The molecule has 0 aliphatic carbocycles. The van der Waals surface area contributed by atoms with E-state index < -0.39 is 0 Å². The summed E-state index contributed by atoms with van der Waals surface area (Å²) < 4.78 is 4.92. The van der Waals surface area contributed by atoms with Gasteiger partial charge in [0.2, 0.25) is 0 Å². The smallest absolute Gasteiger partial charge is 0.0672 e. The lowest BCUT2D eigenvalue weighted by Gasteiger charge is -2.36. The number of nitrogens with two attached hydrogens (primary N) is 1. The van der Waals surface area contributed by atoms with Gasteiger partial charge in [0.25, 0.3) is 0 Å². The van der Waals surface area contributed by atoms with E-state index in [1.54, 1.807) is 0 Å². The van der Waals surface area contributed by atoms with Gasteiger partial charge in [-0.25, -0.2) is 0 Å². The van der Waals surface area contributed by atoms with Crippen molar-refractivity contribution >= 4 is 12.4 Å². The average Bonchev–Trinajstić information content (AvgIpc) is 1.64. The van der Waals surface area contributed by atoms with Crippen LogP contribution < -0.4 is 5.73 Å². The summed E-state index contributed by atoms with van der Waals surface area (Å²) in [4.78, 5) is 0. The molecule has 1 aliphatic rings. The second-order valence-electron chi connectivity index (χ2n) is 2.35. The zero-order valence-corrected chi connectivity index (χ0v) is 6.12. The van der Waals surface area contributed by atoms with E-state index in [9.17, 15) is 0 Å². The highest BCUT2D eigenvalue weighted by atomic mass is 35.5. The van der Waals surface area contributed by atoms with Crippen LogP contribution in [0, 0.1) is 0 Å². The van der Waals surface area contributed by atoms with E-state index >= 15 is 0 Å². The van der Waals surface area contributed by atoms with Gasteiger partial charge < -0.3 is 10.5 Å². The quantitative estimate of drug-likeness (QED) is 0.587. The van der Waals surface area contributed by atoms with Crippen LogP contribution in [0.25, 0.3) is 0 Å². The monoisotopic (exact) mass is 149 g/mol. The molecule has 9 heavy (non-hydrogen) atoms. The molecule has 1 heterocycles. The highest BCUT2D eigenvalue weighted by molar-refractivity contribution is 5.85. The number of hydrogen-bond acceptors (Lipinski definition) is 2. The van der Waals surface area contributed by atoms with Crippen molar-refractivity contribution < 1.29 is 4.74 Å². The van der Waals surface area contributed by atoms with Crippen molar-refractivity contribution in [3.63, 3.8) is 0 Å². The lowest BCUT2D eigenvalue weighted by molar-refractivity contribution is -0.0515. The minimum Gasteiger partial charge on any atom is -0.377 e. The number of ether oxygens (including phenoxy) is 1. The summed E-state index contributed by atoms with van der Waals surface area (Å²) in [6.45, 7) is 4.98. The molecule has 0 unspecified atom stereocenters. The lowest BCUT2D eigenvalue weighted by Crippen LogP contribution is -2.56. The molecule has 0 bridgehead atoms. The van der Waals surface area contributed by atoms with Gasteiger partial charge in [-0.05, 0) is 6.42 Å². The molecule has 0 aromatic heterocycles. The van der Waals surface area contributed by atoms with Crippen LogP contribution in [-0.4, -0.2) is 18.8 Å². The Morgan fingerprint density at radius 1 is 1.67 bits per heavy atom. The minimum absolute atomic E-state index is 0. The molecule has 0 spiro atoms. The summed E-state index contributed by atoms with van der Waals surface area (Å²) in [6.07, 6.45) is 2.70. The first-order chi connectivity index (χ1) is 3.77. The second-order valence-corrected chi connectivity index (χ2v) is 2.35. The molecular weight excluding hydrogens is 138 g/mol. The van der Waals surface area contributed by atoms with Crippen molar-refractivity contribution in [2.45, 2.75) is 12.0 Å². The molecule has 1 saturated heterocycles. The van der Waals surface area contributed by atoms with Gasteiger partial charge in [-0.2, -0.15) is 0 Å². The standard InChI is InChI=1S/C6H11NO.ClH/c1-2-3-6(7)4-8-5-6;/h2H,1,3-5,7H2;1H. The molecule has 0 aromatic rings. The van der Waals surface area contributed by atoms with E-state index in [0.717, 1.165) is 6.42 Å². The first-order valence-electron chi connectivity index (χ1n) is 2.74. The topological polar surface area (TPSA) is 35.2 Å². The Morgan fingerprint density at radius 2 is 2.22 bits per heavy atom. The van der Waals surface area contributed by atoms with Crippen LogP contribution in [0.15, 0.2) is 12.7 Å². The van der Waals surface area contributed by atoms with Crippen LogP contribution in [-0.2, 0) is 4.74 Å². The van der Waals surface area contributed by atoms with Crippen LogP contribution in [0.5, 0.6) is 0 Å². The molecule has 1 fully saturated rings. The van der Waals surface area contributed by atoms with Crippen molar-refractivity contribution in [3.8, 4) is 0 Å². The second kappa shape index (κ2) is 3.20. The molecule has 1 rings (SSSR count). The van der Waals surface area contributed by atoms with Gasteiger partial charge in [-0.3, -0.25) is 0 Å². The summed E-state index contributed by atoms with van der Waals surface area (Å²) in [5.41, 5.74) is 5.65. The molecule has 0 amide bonds. The first kappa shape index (κ1) is 8.95. The van der Waals surface area contributed by atoms with Crippen LogP contribution in [0.3, 0.4) is 0 Å². The first-order valence-corrected chi connectivity index (χ1v) is 2.74. The van der Waals surface area contributed by atoms with E-state index in [4.69, 9.17) is 10.5 Å². The largest absolute Gasteiger partial charge is 0.377 e. The van der Waals surface area contributed by atoms with Crippen molar-refractivity contribution in [1.82, 2.24) is 0 Å². The highest BCUT2D eigenvalue weighted by Crippen LogP contribution is 2.17. The predicted molar refractivity (Wildman–Crippen MR) is 39.8 cm³/mol. The summed E-state index contributed by atoms with van der Waals surface area (Å²) in [7, 11) is 0. The maximum Gasteiger partial charge on any atom is 0.0672 e. The summed E-state index contributed by atoms with van der Waals surface area (Å²) >= 11 is 0. The van der Waals surface area contributed by atoms with Crippen molar-refractivity contribution in [1.29, 1.82) is 0 Å². The zero-order chi connectivity index (χ0) is 6.04. The van der Waals surface area contributed by atoms with Gasteiger partial charge >= 0.3 is 0 Å². The van der Waals surface area contributed by atoms with Crippen LogP contribution in [0.1, 0.15) is 6.42 Å². The van der Waals surface area contributed by atoms with Gasteiger partial charge in [0.05, 0.1) is 18.8 Å². The maximum absolute atomic E-state index is 5.72. The average molecular weight is 150 g/mol. The third kappa shape index (κ3) is 1.97. The molecule has 54 valence electrons. The SMILES string of the molecule is C=CCC1(N)COC1.Cl. The Balaban J connectivity index is 0.000000640. The van der Waals surface area contributed by atoms with E-state index in [-0.39, 0.29) is 17.9 Å². The van der Waals surface area contributed by atoms with Crippen LogP contribution in [0.2, 0.25) is 0 Å². The van der Waals surface area contributed by atoms with Crippen molar-refractivity contribution in [3.05, 3.63) is 12.7 Å². The molecule has 2 N–H and O–H groups in total. The molecular formula is C6H12ClNO. The van der Waals surface area contributed by atoms with E-state index in [1.165, 1.54) is 0 Å². The molecule has 0 atom stereocenters. The summed E-state index contributed by atoms with van der Waals surface area (Å²) in [6, 6.07) is 0. The third-order valence-electron chi connectivity index (χ3n) is 1.33. The van der Waals surface area contributed by atoms with E-state index in [0.29, 0.717) is 13.2 Å². The Morgan fingerprint density at radius 3 is 2.33 bits per heavy atom. The van der Waals surface area contributed by atoms with Gasteiger partial charge in [0.1, 0.15) is 0 Å². The molecule has 0 saturated carbocycles. The number of rotatable bonds is 2. The molecule has 3 heteroatoms. The minimum atomic E-state index is -0.0677. The fraction of sp³-hybridized carbons (Fsp3) is 0.667. The Labute approximate surface area is 61.5 Å². The third-order valence-corrected chi connectivity index (χ3v) is 1.33. The van der Waals surface area contributed by atoms with Crippen molar-refractivity contribution in [2.75, 3.05) is 13.2 Å². The maximum atomic E-state index is 5.72. The Kier molecular flexibility index (Phi) is 3.18. The molecule has 0 aromatic carbocycles. The van der Waals surface area contributed by atoms with Crippen molar-refractivity contribution in [2.24, 2.45) is 5.73 Å². The Bertz CT molecular complexity index is 101. The van der Waals surface area contributed by atoms with Crippen LogP contribution >= 0.6 is 12.4 Å². The normalized spacial score (nSPS) is 21.4. The van der Waals surface area contributed by atoms with E-state index in [2.05, 4.69) is 6.58 Å². The molecule has 0 radical (unpaired) electrons. The molecule has 1 aliphatic heterocycles. The number of halogens is 1. The van der Waals surface area contributed by atoms with Gasteiger partial charge in [-0.15, -0.1) is 19.0 Å². The highest BCUT2D eigenvalue weighted by Gasteiger charge is 2.32. The van der Waals surface area contributed by atoms with Gasteiger partial charge in [0.15, 0.2) is 0 Å². The zero-order valence-electron chi connectivity index (χ0n) is 5.30. The van der Waals surface area contributed by atoms with Gasteiger partial charge in [0, 0.05) is 0 Å². The number of hydrogen-bond donors (Lipinski definition) is 1. The van der Waals surface area contributed by atoms with E-state index in [1.807, 2.05) is 6.08 Å². The fourth-order valence-corrected chi connectivity index (χ4v) is 0.770. The summed E-state index contributed by atoms with van der Waals surface area (Å²) in [5, 5.41) is 0. The van der Waals surface area contributed by atoms with Crippen LogP contribution in [0.4, 0.5) is 0 Å².